The van der Waals surface area contributed by atoms with E-state index in [-0.39, 0.29) is 0 Å². The van der Waals surface area contributed by atoms with Gasteiger partial charge in [-0.3, -0.25) is 0 Å². The van der Waals surface area contributed by atoms with Crippen LogP contribution in [0.4, 0.5) is 17.8 Å². The molecule has 1 heterocycles. The van der Waals surface area contributed by atoms with Crippen molar-refractivity contribution in [1.82, 2.24) is 15.0 Å². The number of nitrogens with zero attached hydrogens (tertiary/aromatic N) is 9. The minimum absolute atomic E-state index is 0.417. The van der Waals surface area contributed by atoms with Crippen LogP contribution in [0.5, 0.6) is 0 Å². The minimum atomic E-state index is 0.417. The molecule has 12 nitrogen and oxygen atoms in total. The van der Waals surface area contributed by atoms with Crippen molar-refractivity contribution >= 4 is 17.8 Å². The molecule has 0 saturated carbocycles. The Bertz CT molecular complexity index is 546. The molecule has 0 bridgehead atoms. The molecule has 136 valence electrons. The predicted molar refractivity (Wildman–Crippen MR) is 97.5 cm³/mol. The van der Waals surface area contributed by atoms with E-state index in [0.29, 0.717) is 56.9 Å². The van der Waals surface area contributed by atoms with Crippen LogP contribution in [-0.4, -0.2) is 47.7 Å². The van der Waals surface area contributed by atoms with Crippen molar-refractivity contribution in [2.45, 2.75) is 32.6 Å². The summed E-state index contributed by atoms with van der Waals surface area (Å²) in [5.74, 6) is 1.40. The average Bonchev–Trinajstić information content (AvgIpc) is 2.61. The third-order valence-electron chi connectivity index (χ3n) is 3.01. The number of aromatic nitrogens is 3. The lowest BCUT2D eigenvalue weighted by Crippen LogP contribution is -2.14. The van der Waals surface area contributed by atoms with Gasteiger partial charge in [0, 0.05) is 42.5 Å². The van der Waals surface area contributed by atoms with Gasteiger partial charge in [-0.15, -0.1) is 0 Å². The van der Waals surface area contributed by atoms with Gasteiger partial charge in [-0.1, -0.05) is 23.6 Å². The quantitative estimate of drug-likeness (QED) is 0.201. The van der Waals surface area contributed by atoms with Gasteiger partial charge in [-0.05, 0) is 30.3 Å². The number of nitrogens with one attached hydrogen (secondary N) is 3. The first-order chi connectivity index (χ1) is 12.3. The highest BCUT2D eigenvalue weighted by molar-refractivity contribution is 5.42. The van der Waals surface area contributed by atoms with Gasteiger partial charge in [0.2, 0.25) is 17.8 Å². The molecule has 0 radical (unpaired) electrons. The molecule has 0 saturated heterocycles. The molecule has 0 unspecified atom stereocenters. The van der Waals surface area contributed by atoms with E-state index in [1.807, 2.05) is 0 Å². The lowest BCUT2D eigenvalue weighted by molar-refractivity contribution is 0.818. The van der Waals surface area contributed by atoms with E-state index >= 15 is 0 Å². The number of rotatable bonds is 14. The van der Waals surface area contributed by atoms with Crippen molar-refractivity contribution in [2.75, 3.05) is 48.7 Å². The van der Waals surface area contributed by atoms with E-state index in [1.54, 1.807) is 0 Å². The number of azide groups is 2. The second-order valence-electron chi connectivity index (χ2n) is 5.06. The van der Waals surface area contributed by atoms with Gasteiger partial charge < -0.3 is 16.0 Å². The fourth-order valence-corrected chi connectivity index (χ4v) is 1.78. The molecule has 0 spiro atoms. The molecular formula is C13H24N12. The number of unbranched alkanes of at least 4 members (excludes halogenated alkanes) is 1. The Labute approximate surface area is 146 Å². The zero-order valence-electron chi connectivity index (χ0n) is 14.4. The van der Waals surface area contributed by atoms with E-state index in [1.165, 1.54) is 0 Å². The maximum absolute atomic E-state index is 8.26. The first-order valence-corrected chi connectivity index (χ1v) is 8.29. The van der Waals surface area contributed by atoms with Crippen LogP contribution < -0.4 is 16.0 Å². The van der Waals surface area contributed by atoms with Gasteiger partial charge in [0.15, 0.2) is 0 Å². The molecule has 25 heavy (non-hydrogen) atoms. The minimum Gasteiger partial charge on any atom is -0.354 e. The second-order valence-corrected chi connectivity index (χ2v) is 5.06. The first-order valence-electron chi connectivity index (χ1n) is 8.29. The summed E-state index contributed by atoms with van der Waals surface area (Å²) in [6.45, 7) is 4.92. The van der Waals surface area contributed by atoms with Crippen molar-refractivity contribution in [3.63, 3.8) is 0 Å². The van der Waals surface area contributed by atoms with E-state index in [4.69, 9.17) is 11.1 Å². The highest BCUT2D eigenvalue weighted by Crippen LogP contribution is 2.10. The summed E-state index contributed by atoms with van der Waals surface area (Å²) in [6, 6.07) is 0. The Balaban J connectivity index is 2.62. The van der Waals surface area contributed by atoms with Crippen LogP contribution in [0.3, 0.4) is 0 Å². The molecule has 1 rings (SSSR count). The zero-order chi connectivity index (χ0) is 18.2. The summed E-state index contributed by atoms with van der Waals surface area (Å²) >= 11 is 0. The average molecular weight is 348 g/mol. The van der Waals surface area contributed by atoms with Gasteiger partial charge in [-0.2, -0.15) is 15.0 Å². The molecule has 0 atom stereocenters. The highest BCUT2D eigenvalue weighted by atomic mass is 15.3. The topological polar surface area (TPSA) is 172 Å². The maximum Gasteiger partial charge on any atom is 0.229 e. The Morgan fingerprint density at radius 1 is 0.760 bits per heavy atom. The molecule has 0 amide bonds. The lowest BCUT2D eigenvalue weighted by atomic mass is 10.3. The van der Waals surface area contributed by atoms with E-state index in [2.05, 4.69) is 57.9 Å². The van der Waals surface area contributed by atoms with Crippen molar-refractivity contribution < 1.29 is 0 Å². The molecule has 3 N–H and O–H groups in total. The van der Waals surface area contributed by atoms with Crippen LogP contribution in [0.2, 0.25) is 0 Å². The summed E-state index contributed by atoms with van der Waals surface area (Å²) < 4.78 is 0. The Morgan fingerprint density at radius 2 is 1.16 bits per heavy atom. The van der Waals surface area contributed by atoms with Crippen molar-refractivity contribution in [3.05, 3.63) is 20.9 Å². The standard InChI is InChI=1S/C13H24N12/c1-2-3-6-16-11-21-12(17-7-4-9-19-24-14)23-13(22-11)18-8-5-10-20-25-15/h2-10H2,1H3,(H3,16,17,18,21,22,23). The largest absolute Gasteiger partial charge is 0.354 e. The smallest absolute Gasteiger partial charge is 0.229 e. The van der Waals surface area contributed by atoms with Crippen LogP contribution in [-0.2, 0) is 0 Å². The van der Waals surface area contributed by atoms with Crippen LogP contribution >= 0.6 is 0 Å². The third kappa shape index (κ3) is 9.69. The fraction of sp³-hybridized carbons (Fsp3) is 0.769. The highest BCUT2D eigenvalue weighted by Gasteiger charge is 2.05. The number of anilines is 3. The summed E-state index contributed by atoms with van der Waals surface area (Å²) in [5.41, 5.74) is 16.5. The van der Waals surface area contributed by atoms with E-state index in [9.17, 15) is 0 Å². The van der Waals surface area contributed by atoms with Gasteiger partial charge in [-0.25, -0.2) is 0 Å². The van der Waals surface area contributed by atoms with Crippen molar-refractivity contribution in [1.29, 1.82) is 0 Å². The first kappa shape index (κ1) is 20.1. The zero-order valence-corrected chi connectivity index (χ0v) is 14.4. The van der Waals surface area contributed by atoms with Crippen LogP contribution in [0.1, 0.15) is 32.6 Å². The van der Waals surface area contributed by atoms with Gasteiger partial charge in [0.1, 0.15) is 0 Å². The SMILES string of the molecule is CCCCNc1nc(NCCCN=[N+]=[N-])nc(NCCCN=[N+]=[N-])n1. The Hall–Kier alpha value is -2.97. The van der Waals surface area contributed by atoms with Gasteiger partial charge in [0.05, 0.1) is 0 Å². The molecule has 0 fully saturated rings. The van der Waals surface area contributed by atoms with Crippen LogP contribution in [0.25, 0.3) is 20.9 Å². The lowest BCUT2D eigenvalue weighted by Gasteiger charge is -2.10. The molecule has 12 heteroatoms. The molecule has 1 aromatic rings. The van der Waals surface area contributed by atoms with Crippen LogP contribution in [0, 0.1) is 0 Å². The van der Waals surface area contributed by atoms with Crippen molar-refractivity contribution in [2.24, 2.45) is 10.2 Å². The van der Waals surface area contributed by atoms with Crippen LogP contribution in [0.15, 0.2) is 10.2 Å². The molecule has 0 aliphatic heterocycles. The Morgan fingerprint density at radius 3 is 1.52 bits per heavy atom. The molecular weight excluding hydrogens is 324 g/mol. The van der Waals surface area contributed by atoms with E-state index < -0.39 is 0 Å². The summed E-state index contributed by atoms with van der Waals surface area (Å²) in [4.78, 5) is 18.4. The number of hydrogen-bond donors (Lipinski definition) is 3. The Kier molecular flexibility index (Phi) is 10.8. The summed E-state index contributed by atoms with van der Waals surface area (Å²) in [6.07, 6.45) is 3.47. The molecule has 0 aromatic carbocycles. The maximum atomic E-state index is 8.26. The fourth-order valence-electron chi connectivity index (χ4n) is 1.78. The van der Waals surface area contributed by atoms with E-state index in [0.717, 1.165) is 19.4 Å². The van der Waals surface area contributed by atoms with Crippen molar-refractivity contribution in [3.8, 4) is 0 Å². The van der Waals surface area contributed by atoms with Gasteiger partial charge >= 0.3 is 0 Å². The third-order valence-corrected chi connectivity index (χ3v) is 3.01. The summed E-state index contributed by atoms with van der Waals surface area (Å²) in [5, 5.41) is 16.3. The van der Waals surface area contributed by atoms with Gasteiger partial charge in [0.25, 0.3) is 0 Å². The molecule has 1 aromatic heterocycles. The number of hydrogen-bond acceptors (Lipinski definition) is 8. The predicted octanol–water partition coefficient (Wildman–Crippen LogP) is 3.31. The summed E-state index contributed by atoms with van der Waals surface area (Å²) in [7, 11) is 0. The normalized spacial score (nSPS) is 9.64. The molecule has 0 aliphatic rings. The second kappa shape index (κ2) is 13.5. The molecule has 0 aliphatic carbocycles. The monoisotopic (exact) mass is 348 g/mol.